The number of amides is 8. The van der Waals surface area contributed by atoms with E-state index in [4.69, 9.17) is 30.6 Å². The SMILES string of the molecule is COc1ccc(C[C@H]2NC(=O)/C=C\C[C@@H]([C@H](C)[C@H]3O[C@@H]3c3ccc(CNC(=O)[C@H](C)NC(=O)[C@@H](NC(=O)CCCC(=O)ON4C(=O)CCC4=O)C(C)C)cc3)OC(=O)[C@H](CC(C)(C)C)NC(=O)C(C)(C)CNC2=O)cc1Cl. The topological polar surface area (TPSA) is 286 Å². The van der Waals surface area contributed by atoms with Gasteiger partial charge in [-0.1, -0.05) is 89.6 Å². The summed E-state index contributed by atoms with van der Waals surface area (Å²) < 4.78 is 17.7. The lowest BCUT2D eigenvalue weighted by atomic mass is 9.86. The third-order valence-electron chi connectivity index (χ3n) is 13.3. The van der Waals surface area contributed by atoms with E-state index in [1.807, 2.05) is 52.0 Å². The number of nitrogens with one attached hydrogen (secondary N) is 6. The molecule has 2 aromatic rings. The van der Waals surface area contributed by atoms with Crippen molar-refractivity contribution >= 4 is 70.8 Å². The van der Waals surface area contributed by atoms with E-state index in [1.165, 1.54) is 20.1 Å². The number of methoxy groups -OCH3 is 1. The first-order valence-electron chi connectivity index (χ1n) is 25.9. The number of hydroxylamine groups is 2. The molecule has 2 saturated heterocycles. The number of nitrogens with zero attached hydrogens (tertiary/aromatic N) is 1. The molecule has 3 heterocycles. The van der Waals surface area contributed by atoms with Gasteiger partial charge in [-0.15, -0.1) is 5.06 Å². The van der Waals surface area contributed by atoms with Crippen molar-refractivity contribution in [2.75, 3.05) is 13.7 Å². The second kappa shape index (κ2) is 26.9. The van der Waals surface area contributed by atoms with E-state index < -0.39 is 112 Å². The van der Waals surface area contributed by atoms with Crippen LogP contribution in [0, 0.1) is 22.7 Å². The maximum atomic E-state index is 14.1. The van der Waals surface area contributed by atoms with Crippen molar-refractivity contribution in [2.45, 2.75) is 163 Å². The molecule has 0 radical (unpaired) electrons. The van der Waals surface area contributed by atoms with Crippen molar-refractivity contribution in [3.05, 3.63) is 76.3 Å². The molecule has 8 amide bonds. The first-order valence-corrected chi connectivity index (χ1v) is 26.3. The van der Waals surface area contributed by atoms with Gasteiger partial charge in [-0.3, -0.25) is 38.4 Å². The van der Waals surface area contributed by atoms with E-state index in [9.17, 15) is 47.9 Å². The van der Waals surface area contributed by atoms with E-state index in [0.29, 0.717) is 21.4 Å². The fraction of sp³-hybridized carbons (Fsp3) is 0.564. The second-order valence-corrected chi connectivity index (χ2v) is 22.4. The number of esters is 1. The van der Waals surface area contributed by atoms with Gasteiger partial charge in [0.05, 0.1) is 23.7 Å². The first kappa shape index (κ1) is 61.0. The Kier molecular flexibility index (Phi) is 21.3. The zero-order valence-electron chi connectivity index (χ0n) is 45.5. The summed E-state index contributed by atoms with van der Waals surface area (Å²) in [6, 6.07) is 8.37. The minimum atomic E-state index is -1.18. The van der Waals surface area contributed by atoms with Gasteiger partial charge in [0.2, 0.25) is 35.4 Å². The molecular formula is C55H74ClN7O14. The van der Waals surface area contributed by atoms with Gasteiger partial charge >= 0.3 is 11.9 Å². The van der Waals surface area contributed by atoms with Gasteiger partial charge in [-0.2, -0.15) is 0 Å². The molecule has 0 spiro atoms. The average molecular weight is 1090 g/mol. The molecule has 0 saturated carbocycles. The molecule has 0 bridgehead atoms. The van der Waals surface area contributed by atoms with Gasteiger partial charge in [0.1, 0.15) is 42.1 Å². The fourth-order valence-corrected chi connectivity index (χ4v) is 8.88. The van der Waals surface area contributed by atoms with Gasteiger partial charge in [-0.05, 0) is 79.8 Å². The molecule has 22 heteroatoms. The first-order chi connectivity index (χ1) is 36.2. The number of benzene rings is 2. The zero-order valence-corrected chi connectivity index (χ0v) is 46.3. The average Bonchev–Trinajstić information content (AvgIpc) is 4.12. The van der Waals surface area contributed by atoms with Crippen molar-refractivity contribution in [1.82, 2.24) is 37.0 Å². The highest BCUT2D eigenvalue weighted by Gasteiger charge is 2.48. The summed E-state index contributed by atoms with van der Waals surface area (Å²) in [6.45, 7) is 16.0. The molecule has 0 aliphatic carbocycles. The highest BCUT2D eigenvalue weighted by Crippen LogP contribution is 2.45. The number of hydrogen-bond acceptors (Lipinski definition) is 14. The second-order valence-electron chi connectivity index (χ2n) is 22.0. The highest BCUT2D eigenvalue weighted by molar-refractivity contribution is 6.32. The van der Waals surface area contributed by atoms with Crippen LogP contribution in [-0.4, -0.2) is 114 Å². The summed E-state index contributed by atoms with van der Waals surface area (Å²) in [5.74, 6) is -6.18. The molecule has 0 aromatic heterocycles. The van der Waals surface area contributed by atoms with Crippen LogP contribution in [0.2, 0.25) is 5.02 Å². The van der Waals surface area contributed by atoms with E-state index in [0.717, 1.165) is 11.1 Å². The van der Waals surface area contributed by atoms with Crippen LogP contribution >= 0.6 is 11.6 Å². The molecule has 3 aliphatic rings. The lowest BCUT2D eigenvalue weighted by Gasteiger charge is -2.32. The molecule has 420 valence electrons. The van der Waals surface area contributed by atoms with Crippen LogP contribution in [0.5, 0.6) is 5.75 Å². The van der Waals surface area contributed by atoms with Crippen LogP contribution < -0.4 is 36.6 Å². The number of rotatable bonds is 19. The van der Waals surface area contributed by atoms with Gasteiger partial charge in [0.15, 0.2) is 0 Å². The number of epoxide rings is 1. The molecule has 5 rings (SSSR count). The molecule has 2 fully saturated rings. The fourth-order valence-electron chi connectivity index (χ4n) is 8.60. The predicted octanol–water partition coefficient (Wildman–Crippen LogP) is 4.13. The molecule has 2 aromatic carbocycles. The Hall–Kier alpha value is -6.87. The summed E-state index contributed by atoms with van der Waals surface area (Å²) >= 11 is 6.38. The maximum absolute atomic E-state index is 14.1. The number of cyclic esters (lactones) is 1. The normalized spacial score (nSPS) is 22.8. The maximum Gasteiger partial charge on any atom is 0.333 e. The van der Waals surface area contributed by atoms with E-state index >= 15 is 0 Å². The minimum Gasteiger partial charge on any atom is -0.495 e. The quantitative estimate of drug-likeness (QED) is 0.0656. The minimum absolute atomic E-state index is 0.0371. The number of ether oxygens (including phenoxy) is 3. The zero-order chi connectivity index (χ0) is 56.9. The Morgan fingerprint density at radius 1 is 0.870 bits per heavy atom. The van der Waals surface area contributed by atoms with Gasteiger partial charge in [0, 0.05) is 57.5 Å². The van der Waals surface area contributed by atoms with Gasteiger partial charge in [0.25, 0.3) is 11.8 Å². The Morgan fingerprint density at radius 3 is 2.16 bits per heavy atom. The third kappa shape index (κ3) is 18.1. The summed E-state index contributed by atoms with van der Waals surface area (Å²) in [6.07, 6.45) is 1.27. The summed E-state index contributed by atoms with van der Waals surface area (Å²) in [4.78, 5) is 135. The van der Waals surface area contributed by atoms with Crippen LogP contribution in [-0.2, 0) is 75.2 Å². The lowest BCUT2D eigenvalue weighted by Crippen LogP contribution is -2.54. The summed E-state index contributed by atoms with van der Waals surface area (Å²) in [7, 11) is 1.49. The molecule has 21 nitrogen and oxygen atoms in total. The van der Waals surface area contributed by atoms with Crippen molar-refractivity contribution in [3.8, 4) is 5.75 Å². The van der Waals surface area contributed by atoms with E-state index in [2.05, 4.69) is 31.9 Å². The molecule has 6 N–H and O–H groups in total. The monoisotopic (exact) mass is 1090 g/mol. The van der Waals surface area contributed by atoms with Crippen LogP contribution in [0.4, 0.5) is 0 Å². The van der Waals surface area contributed by atoms with Crippen molar-refractivity contribution < 1.29 is 67.0 Å². The summed E-state index contributed by atoms with van der Waals surface area (Å²) in [5.41, 5.74) is 0.635. The summed E-state index contributed by atoms with van der Waals surface area (Å²) in [5, 5.41) is 17.4. The van der Waals surface area contributed by atoms with E-state index in [1.54, 1.807) is 52.0 Å². The number of halogens is 1. The van der Waals surface area contributed by atoms with Crippen LogP contribution in [0.15, 0.2) is 54.6 Å². The largest absolute Gasteiger partial charge is 0.495 e. The number of hydrogen-bond donors (Lipinski definition) is 6. The van der Waals surface area contributed by atoms with Crippen LogP contribution in [0.3, 0.4) is 0 Å². The molecule has 0 unspecified atom stereocenters. The van der Waals surface area contributed by atoms with Crippen LogP contribution in [0.25, 0.3) is 0 Å². The van der Waals surface area contributed by atoms with Crippen molar-refractivity contribution in [3.63, 3.8) is 0 Å². The Labute approximate surface area is 454 Å². The number of imide groups is 1. The smallest absolute Gasteiger partial charge is 0.333 e. The van der Waals surface area contributed by atoms with E-state index in [-0.39, 0.29) is 76.5 Å². The standard InChI is InChI=1S/C55H74ClN7O14/c1-30(2)46(62-42(65)15-12-16-45(68)77-63-43(66)23-24-44(63)67)51(71)59-32(4)49(69)57-28-33-17-20-35(21-18-33)48-47(76-48)31(3)39-13-11-14-41(64)60-37(26-34-19-22-40(74-10)36(56)25-34)50(70)58-29-55(8,9)53(73)61-38(52(72)75-39)27-54(5,6)7/h11,14,17-22,25,30-32,37-39,46-48H,12-13,15-16,23-24,26-29H2,1-10H3,(H,57,69)(H,58,70)(H,59,71)(H,60,64)(H,61,73)(H,62,65)/b14-11-/t31-,32-,37+,38-,39-,46-,47+,48+/m0/s1. The predicted molar refractivity (Wildman–Crippen MR) is 281 cm³/mol. The number of carbonyl (C=O) groups excluding carboxylic acids is 10. The van der Waals surface area contributed by atoms with Crippen molar-refractivity contribution in [1.29, 1.82) is 0 Å². The highest BCUT2D eigenvalue weighted by atomic mass is 35.5. The molecular weight excluding hydrogens is 1020 g/mol. The number of carbonyl (C=O) groups is 10. The van der Waals surface area contributed by atoms with Gasteiger partial charge in [-0.25, -0.2) is 9.59 Å². The molecule has 77 heavy (non-hydrogen) atoms. The Bertz CT molecular complexity index is 2550. The van der Waals surface area contributed by atoms with Crippen LogP contribution in [0.1, 0.15) is 130 Å². The van der Waals surface area contributed by atoms with Crippen molar-refractivity contribution in [2.24, 2.45) is 22.7 Å². The third-order valence-corrected chi connectivity index (χ3v) is 13.6. The molecule has 3 aliphatic heterocycles. The Balaban J connectivity index is 1.19. The lowest BCUT2D eigenvalue weighted by molar-refractivity contribution is -0.197. The Morgan fingerprint density at radius 2 is 1.53 bits per heavy atom. The molecule has 8 atom stereocenters. The van der Waals surface area contributed by atoms with Gasteiger partial charge < -0.3 is 50.9 Å².